The number of aromatic nitrogens is 3. The Balaban J connectivity index is 1.75. The summed E-state index contributed by atoms with van der Waals surface area (Å²) in [5, 5.41) is 12.0. The highest BCUT2D eigenvalue weighted by atomic mass is 32.2. The molecule has 0 saturated heterocycles. The van der Waals surface area contributed by atoms with Crippen molar-refractivity contribution in [3.8, 4) is 0 Å². The van der Waals surface area contributed by atoms with Gasteiger partial charge in [-0.1, -0.05) is 29.0 Å². The van der Waals surface area contributed by atoms with Crippen molar-refractivity contribution in [2.24, 2.45) is 0 Å². The van der Waals surface area contributed by atoms with Crippen LogP contribution >= 0.6 is 11.3 Å². The summed E-state index contributed by atoms with van der Waals surface area (Å²) in [6.45, 7) is 3.97. The lowest BCUT2D eigenvalue weighted by Crippen LogP contribution is -2.22. The number of carbonyl (C=O) groups is 1. The molecule has 3 aromatic rings. The number of benzene rings is 1. The van der Waals surface area contributed by atoms with Crippen molar-refractivity contribution >= 4 is 27.3 Å². The molecule has 0 aliphatic heterocycles. The van der Waals surface area contributed by atoms with Gasteiger partial charge in [0.15, 0.2) is 0 Å². The molecule has 25 heavy (non-hydrogen) atoms. The van der Waals surface area contributed by atoms with Gasteiger partial charge in [-0.2, -0.15) is 0 Å². The summed E-state index contributed by atoms with van der Waals surface area (Å²) in [4.78, 5) is 12.4. The first-order chi connectivity index (χ1) is 11.9. The summed E-state index contributed by atoms with van der Waals surface area (Å²) >= 11 is 1.39. The maximum absolute atomic E-state index is 12.6. The first kappa shape index (κ1) is 17.3. The van der Waals surface area contributed by atoms with E-state index in [-0.39, 0.29) is 22.9 Å². The molecule has 1 amide bonds. The summed E-state index contributed by atoms with van der Waals surface area (Å²) in [6.07, 6.45) is 2.66. The third kappa shape index (κ3) is 3.77. The molecule has 0 saturated carbocycles. The number of nitrogens with one attached hydrogen (secondary N) is 1. The molecule has 7 nitrogen and oxygen atoms in total. The smallest absolute Gasteiger partial charge is 0.267 e. The Kier molecular flexibility index (Phi) is 4.69. The number of rotatable bonds is 5. The van der Waals surface area contributed by atoms with Crippen LogP contribution in [0.4, 0.5) is 0 Å². The van der Waals surface area contributed by atoms with Crippen LogP contribution < -0.4 is 5.32 Å². The van der Waals surface area contributed by atoms with Crippen molar-refractivity contribution in [2.75, 3.05) is 0 Å². The number of carbonyl (C=O) groups excluding carboxylic acids is 1. The number of nitrogens with zero attached hydrogens (tertiary/aromatic N) is 3. The zero-order valence-corrected chi connectivity index (χ0v) is 15.3. The van der Waals surface area contributed by atoms with E-state index >= 15 is 0 Å². The lowest BCUT2D eigenvalue weighted by Gasteiger charge is -2.06. The van der Waals surface area contributed by atoms with Crippen molar-refractivity contribution < 1.29 is 13.2 Å². The zero-order chi connectivity index (χ0) is 18.0. The van der Waals surface area contributed by atoms with Crippen molar-refractivity contribution in [1.82, 2.24) is 19.5 Å². The molecule has 0 fully saturated rings. The predicted molar refractivity (Wildman–Crippen MR) is 94.0 cm³/mol. The average molecular weight is 376 g/mol. The lowest BCUT2D eigenvalue weighted by atomic mass is 10.2. The van der Waals surface area contributed by atoms with Crippen molar-refractivity contribution in [3.63, 3.8) is 0 Å². The second kappa shape index (κ2) is 6.77. The van der Waals surface area contributed by atoms with Gasteiger partial charge in [-0.25, -0.2) is 12.4 Å². The minimum atomic E-state index is -3.72. The molecule has 0 spiro atoms. The van der Waals surface area contributed by atoms with Crippen molar-refractivity contribution in [2.45, 2.75) is 25.3 Å². The molecule has 1 aromatic carbocycles. The van der Waals surface area contributed by atoms with Gasteiger partial charge in [0.1, 0.15) is 10.0 Å². The third-order valence-corrected chi connectivity index (χ3v) is 5.98. The van der Waals surface area contributed by atoms with E-state index in [0.29, 0.717) is 5.01 Å². The van der Waals surface area contributed by atoms with E-state index in [1.807, 2.05) is 13.8 Å². The minimum Gasteiger partial charge on any atom is -0.345 e. The van der Waals surface area contributed by atoms with Gasteiger partial charge >= 0.3 is 0 Å². The Bertz CT molecular complexity index is 1000. The van der Waals surface area contributed by atoms with Crippen LogP contribution in [-0.2, 0) is 16.6 Å². The van der Waals surface area contributed by atoms with E-state index in [1.165, 1.54) is 29.8 Å². The van der Waals surface area contributed by atoms with Crippen LogP contribution in [0.1, 0.15) is 25.9 Å². The fourth-order valence-electron chi connectivity index (χ4n) is 2.16. The van der Waals surface area contributed by atoms with Gasteiger partial charge in [0.05, 0.1) is 17.0 Å². The van der Waals surface area contributed by atoms with E-state index in [4.69, 9.17) is 0 Å². The van der Waals surface area contributed by atoms with Crippen LogP contribution in [0, 0.1) is 13.8 Å². The molecule has 2 aromatic heterocycles. The molecule has 0 radical (unpaired) electrons. The molecule has 3 rings (SSSR count). The average Bonchev–Trinajstić information content (AvgIpc) is 3.22. The SMILES string of the molecule is Cc1ccc(S(=O)(=O)n2ccc(C(=O)NCc3nnc(C)s3)c2)cc1. The van der Waals surface area contributed by atoms with Crippen LogP contribution in [0.5, 0.6) is 0 Å². The number of aryl methyl sites for hydroxylation is 2. The third-order valence-electron chi connectivity index (χ3n) is 3.49. The van der Waals surface area contributed by atoms with Crippen molar-refractivity contribution in [1.29, 1.82) is 0 Å². The maximum atomic E-state index is 12.6. The maximum Gasteiger partial charge on any atom is 0.267 e. The molecule has 0 aliphatic carbocycles. The number of hydrogen-bond acceptors (Lipinski definition) is 6. The summed E-state index contributed by atoms with van der Waals surface area (Å²) < 4.78 is 26.2. The van der Waals surface area contributed by atoms with Gasteiger partial charge in [0.2, 0.25) is 0 Å². The monoisotopic (exact) mass is 376 g/mol. The van der Waals surface area contributed by atoms with E-state index in [0.717, 1.165) is 14.5 Å². The van der Waals surface area contributed by atoms with E-state index in [9.17, 15) is 13.2 Å². The number of hydrogen-bond donors (Lipinski definition) is 1. The second-order valence-corrected chi connectivity index (χ2v) is 8.56. The molecule has 0 bridgehead atoms. The van der Waals surface area contributed by atoms with Crippen LogP contribution in [0.3, 0.4) is 0 Å². The standard InChI is InChI=1S/C16H16N4O3S2/c1-11-3-5-14(6-4-11)25(22,23)20-8-7-13(10-20)16(21)17-9-15-19-18-12(2)24-15/h3-8,10H,9H2,1-2H3,(H,17,21). The van der Waals surface area contributed by atoms with Gasteiger partial charge in [-0.3, -0.25) is 4.79 Å². The topological polar surface area (TPSA) is 94.0 Å². The second-order valence-electron chi connectivity index (χ2n) is 5.45. The highest BCUT2D eigenvalue weighted by molar-refractivity contribution is 7.90. The van der Waals surface area contributed by atoms with Crippen LogP contribution in [0.2, 0.25) is 0 Å². The molecule has 2 heterocycles. The normalized spacial score (nSPS) is 11.4. The Morgan fingerprint density at radius 3 is 2.52 bits per heavy atom. The highest BCUT2D eigenvalue weighted by Crippen LogP contribution is 2.16. The molecular formula is C16H16N4O3S2. The molecule has 0 aliphatic rings. The quantitative estimate of drug-likeness (QED) is 0.736. The lowest BCUT2D eigenvalue weighted by molar-refractivity contribution is 0.0951. The van der Waals surface area contributed by atoms with Crippen LogP contribution in [0.15, 0.2) is 47.6 Å². The summed E-state index contributed by atoms with van der Waals surface area (Å²) in [5.41, 5.74) is 1.23. The van der Waals surface area contributed by atoms with Crippen molar-refractivity contribution in [3.05, 3.63) is 63.9 Å². The van der Waals surface area contributed by atoms with Gasteiger partial charge in [0, 0.05) is 12.4 Å². The predicted octanol–water partition coefficient (Wildman–Crippen LogP) is 2.12. The van der Waals surface area contributed by atoms with E-state index < -0.39 is 10.0 Å². The van der Waals surface area contributed by atoms with E-state index in [2.05, 4.69) is 15.5 Å². The molecule has 130 valence electrons. The summed E-state index contributed by atoms with van der Waals surface area (Å²) in [7, 11) is -3.72. The Morgan fingerprint density at radius 1 is 1.16 bits per heavy atom. The van der Waals surface area contributed by atoms with Crippen LogP contribution in [0.25, 0.3) is 0 Å². The fraction of sp³-hybridized carbons (Fsp3) is 0.188. The Hall–Kier alpha value is -2.52. The molecule has 1 N–H and O–H groups in total. The zero-order valence-electron chi connectivity index (χ0n) is 13.6. The Labute approximate surface area is 149 Å². The van der Waals surface area contributed by atoms with Gasteiger partial charge in [-0.05, 0) is 32.0 Å². The van der Waals surface area contributed by atoms with E-state index in [1.54, 1.807) is 24.3 Å². The molecular weight excluding hydrogens is 360 g/mol. The van der Waals surface area contributed by atoms with Crippen LogP contribution in [-0.4, -0.2) is 28.5 Å². The first-order valence-corrected chi connectivity index (χ1v) is 9.69. The largest absolute Gasteiger partial charge is 0.345 e. The minimum absolute atomic E-state index is 0.171. The molecule has 0 unspecified atom stereocenters. The molecule has 0 atom stereocenters. The van der Waals surface area contributed by atoms with Gasteiger partial charge in [0.25, 0.3) is 15.9 Å². The fourth-order valence-corrected chi connectivity index (χ4v) is 4.01. The molecule has 9 heteroatoms. The highest BCUT2D eigenvalue weighted by Gasteiger charge is 2.18. The summed E-state index contributed by atoms with van der Waals surface area (Å²) in [5.74, 6) is -0.370. The summed E-state index contributed by atoms with van der Waals surface area (Å²) in [6, 6.07) is 8.01. The number of amides is 1. The first-order valence-electron chi connectivity index (χ1n) is 7.44. The Morgan fingerprint density at radius 2 is 1.88 bits per heavy atom. The van der Waals surface area contributed by atoms with Gasteiger partial charge < -0.3 is 5.32 Å². The van der Waals surface area contributed by atoms with Gasteiger partial charge in [-0.15, -0.1) is 10.2 Å².